The molecule has 2 rings (SSSR count). The van der Waals surface area contributed by atoms with Crippen molar-refractivity contribution >= 4 is 46.3 Å². The normalized spacial score (nSPS) is 10.5. The number of rotatable bonds is 4. The highest BCUT2D eigenvalue weighted by molar-refractivity contribution is 7.17. The molecule has 0 N–H and O–H groups in total. The number of benzene rings is 1. The fourth-order valence-electron chi connectivity index (χ4n) is 1.67. The molecule has 0 saturated heterocycles. The molecule has 1 aromatic heterocycles. The van der Waals surface area contributed by atoms with Gasteiger partial charge >= 0.3 is 5.97 Å². The fraction of sp³-hybridized carbons (Fsp3) is 0.214. The minimum atomic E-state index is -0.615. The smallest absolute Gasteiger partial charge is 0.358 e. The van der Waals surface area contributed by atoms with Crippen LogP contribution in [0.15, 0.2) is 18.2 Å². The third-order valence-electron chi connectivity index (χ3n) is 2.58. The van der Waals surface area contributed by atoms with Crippen molar-refractivity contribution in [2.45, 2.75) is 13.8 Å². The topological polar surface area (TPSA) is 56.3 Å². The quantitative estimate of drug-likeness (QED) is 0.605. The van der Waals surface area contributed by atoms with Gasteiger partial charge < -0.3 is 4.74 Å². The summed E-state index contributed by atoms with van der Waals surface area (Å²) in [5, 5.41) is 1.38. The van der Waals surface area contributed by atoms with Gasteiger partial charge in [-0.15, -0.1) is 11.3 Å². The van der Waals surface area contributed by atoms with E-state index in [2.05, 4.69) is 4.98 Å². The van der Waals surface area contributed by atoms with Crippen molar-refractivity contribution in [2.24, 2.45) is 0 Å². The molecule has 2 aromatic rings. The van der Waals surface area contributed by atoms with Gasteiger partial charge in [-0.1, -0.05) is 23.2 Å². The Labute approximate surface area is 135 Å². The van der Waals surface area contributed by atoms with Crippen molar-refractivity contribution in [3.8, 4) is 10.6 Å². The lowest BCUT2D eigenvalue weighted by molar-refractivity contribution is 0.0517. The predicted molar refractivity (Wildman–Crippen MR) is 83.5 cm³/mol. The second kappa shape index (κ2) is 6.56. The Morgan fingerprint density at radius 2 is 2.05 bits per heavy atom. The predicted octanol–water partition coefficient (Wildman–Crippen LogP) is 4.50. The average Bonchev–Trinajstić information content (AvgIpc) is 2.84. The van der Waals surface area contributed by atoms with E-state index >= 15 is 0 Å². The van der Waals surface area contributed by atoms with Crippen molar-refractivity contribution in [1.82, 2.24) is 4.98 Å². The molecule has 0 bridgehead atoms. The zero-order valence-electron chi connectivity index (χ0n) is 11.3. The molecule has 0 atom stereocenters. The van der Waals surface area contributed by atoms with Gasteiger partial charge in [0.15, 0.2) is 11.5 Å². The van der Waals surface area contributed by atoms with E-state index in [1.54, 1.807) is 25.1 Å². The van der Waals surface area contributed by atoms with Gasteiger partial charge in [0, 0.05) is 17.5 Å². The fourth-order valence-corrected chi connectivity index (χ4v) is 3.22. The maximum absolute atomic E-state index is 11.9. The Bertz CT molecular complexity index is 712. The molecule has 0 amide bonds. The van der Waals surface area contributed by atoms with Crippen LogP contribution in [0.5, 0.6) is 0 Å². The summed E-state index contributed by atoms with van der Waals surface area (Å²) in [6, 6.07) is 4.95. The van der Waals surface area contributed by atoms with Crippen molar-refractivity contribution in [2.75, 3.05) is 6.61 Å². The highest BCUT2D eigenvalue weighted by atomic mass is 35.5. The third kappa shape index (κ3) is 3.43. The summed E-state index contributed by atoms with van der Waals surface area (Å²) in [6.07, 6.45) is 0. The number of carbonyl (C=O) groups excluding carboxylic acids is 2. The van der Waals surface area contributed by atoms with E-state index in [9.17, 15) is 9.59 Å². The number of esters is 1. The van der Waals surface area contributed by atoms with Gasteiger partial charge in [-0.05, 0) is 25.1 Å². The number of nitrogens with zero attached hydrogens (tertiary/aromatic N) is 1. The SMILES string of the molecule is CCOC(=O)c1nc(-c2ccc(Cl)cc2Cl)sc1C(C)=O. The van der Waals surface area contributed by atoms with Crippen molar-refractivity contribution in [3.63, 3.8) is 0 Å². The first-order valence-electron chi connectivity index (χ1n) is 6.08. The van der Waals surface area contributed by atoms with E-state index in [1.807, 2.05) is 0 Å². The highest BCUT2D eigenvalue weighted by Crippen LogP contribution is 2.34. The number of carbonyl (C=O) groups is 2. The first-order valence-corrected chi connectivity index (χ1v) is 7.65. The number of aromatic nitrogens is 1. The Morgan fingerprint density at radius 3 is 2.62 bits per heavy atom. The largest absolute Gasteiger partial charge is 0.461 e. The van der Waals surface area contributed by atoms with Crippen molar-refractivity contribution < 1.29 is 14.3 Å². The number of thiazole rings is 1. The summed E-state index contributed by atoms with van der Waals surface area (Å²) in [7, 11) is 0. The molecule has 0 fully saturated rings. The summed E-state index contributed by atoms with van der Waals surface area (Å²) in [5.74, 6) is -0.859. The van der Waals surface area contributed by atoms with Gasteiger partial charge in [-0.3, -0.25) is 4.79 Å². The number of halogens is 2. The Morgan fingerprint density at radius 1 is 1.33 bits per heavy atom. The molecule has 0 radical (unpaired) electrons. The van der Waals surface area contributed by atoms with Crippen LogP contribution in [0.3, 0.4) is 0 Å². The average molecular weight is 344 g/mol. The van der Waals surface area contributed by atoms with Gasteiger partial charge in [0.05, 0.1) is 11.6 Å². The molecule has 7 heteroatoms. The van der Waals surface area contributed by atoms with Crippen LogP contribution in [0, 0.1) is 0 Å². The molecule has 1 aromatic carbocycles. The molecular weight excluding hydrogens is 333 g/mol. The van der Waals surface area contributed by atoms with Crippen LogP contribution in [-0.4, -0.2) is 23.3 Å². The van der Waals surface area contributed by atoms with Crippen LogP contribution in [0.2, 0.25) is 10.0 Å². The molecule has 0 aliphatic rings. The van der Waals surface area contributed by atoms with Crippen LogP contribution < -0.4 is 0 Å². The van der Waals surface area contributed by atoms with Gasteiger partial charge in [0.2, 0.25) is 0 Å². The monoisotopic (exact) mass is 343 g/mol. The highest BCUT2D eigenvalue weighted by Gasteiger charge is 2.23. The van der Waals surface area contributed by atoms with E-state index in [4.69, 9.17) is 27.9 Å². The second-order valence-electron chi connectivity index (χ2n) is 4.10. The van der Waals surface area contributed by atoms with Gasteiger partial charge in [-0.25, -0.2) is 9.78 Å². The van der Waals surface area contributed by atoms with E-state index in [0.717, 1.165) is 11.3 Å². The lowest BCUT2D eigenvalue weighted by Gasteiger charge is -2.00. The molecule has 0 saturated carbocycles. The minimum absolute atomic E-state index is 0.0235. The van der Waals surface area contributed by atoms with E-state index in [1.165, 1.54) is 6.92 Å². The van der Waals surface area contributed by atoms with Crippen LogP contribution >= 0.6 is 34.5 Å². The number of ketones is 1. The summed E-state index contributed by atoms with van der Waals surface area (Å²) in [4.78, 5) is 28.0. The Hall–Kier alpha value is -1.43. The molecular formula is C14H11Cl2NO3S. The van der Waals surface area contributed by atoms with Gasteiger partial charge in [0.1, 0.15) is 9.88 Å². The summed E-state index contributed by atoms with van der Waals surface area (Å²) in [6.45, 7) is 3.28. The molecule has 0 aliphatic carbocycles. The van der Waals surface area contributed by atoms with E-state index in [0.29, 0.717) is 20.6 Å². The van der Waals surface area contributed by atoms with E-state index in [-0.39, 0.29) is 23.0 Å². The maximum Gasteiger partial charge on any atom is 0.358 e. The summed E-state index contributed by atoms with van der Waals surface area (Å²) in [5.41, 5.74) is 0.638. The number of hydrogen-bond acceptors (Lipinski definition) is 5. The minimum Gasteiger partial charge on any atom is -0.461 e. The lowest BCUT2D eigenvalue weighted by atomic mass is 10.2. The van der Waals surface area contributed by atoms with Gasteiger partial charge in [-0.2, -0.15) is 0 Å². The van der Waals surface area contributed by atoms with Crippen LogP contribution in [0.1, 0.15) is 34.0 Å². The van der Waals surface area contributed by atoms with E-state index < -0.39 is 5.97 Å². The summed E-state index contributed by atoms with van der Waals surface area (Å²) >= 11 is 13.1. The molecule has 1 heterocycles. The lowest BCUT2D eigenvalue weighted by Crippen LogP contribution is -2.09. The number of Topliss-reactive ketones (excluding diaryl/α,β-unsaturated/α-hetero) is 1. The standard InChI is InChI=1S/C14H11Cl2NO3S/c1-3-20-14(19)11-12(7(2)18)21-13(17-11)9-5-4-8(15)6-10(9)16/h4-6H,3H2,1-2H3. The first kappa shape index (κ1) is 15.9. The maximum atomic E-state index is 11.9. The van der Waals surface area contributed by atoms with Crippen molar-refractivity contribution in [3.05, 3.63) is 38.8 Å². The van der Waals surface area contributed by atoms with Gasteiger partial charge in [0.25, 0.3) is 0 Å². The first-order chi connectivity index (χ1) is 9.93. The van der Waals surface area contributed by atoms with Crippen LogP contribution in [0.25, 0.3) is 10.6 Å². The second-order valence-corrected chi connectivity index (χ2v) is 5.94. The molecule has 110 valence electrons. The summed E-state index contributed by atoms with van der Waals surface area (Å²) < 4.78 is 4.92. The Kier molecular flexibility index (Phi) is 4.98. The zero-order chi connectivity index (χ0) is 15.6. The van der Waals surface area contributed by atoms with Crippen molar-refractivity contribution in [1.29, 1.82) is 0 Å². The van der Waals surface area contributed by atoms with Crippen LogP contribution in [-0.2, 0) is 4.74 Å². The number of ether oxygens (including phenoxy) is 1. The number of hydrogen-bond donors (Lipinski definition) is 0. The zero-order valence-corrected chi connectivity index (χ0v) is 13.6. The Balaban J connectivity index is 2.53. The molecule has 0 aliphatic heterocycles. The third-order valence-corrected chi connectivity index (χ3v) is 4.31. The molecule has 0 spiro atoms. The molecule has 21 heavy (non-hydrogen) atoms. The molecule has 0 unspecified atom stereocenters. The van der Waals surface area contributed by atoms with Crippen LogP contribution in [0.4, 0.5) is 0 Å². The molecule has 4 nitrogen and oxygen atoms in total.